The molecular weight excluding hydrogens is 164 g/mol. The van der Waals surface area contributed by atoms with Gasteiger partial charge in [0.05, 0.1) is 0 Å². The SMILES string of the molecule is CC[Si](OC)(OC)OC(C)=O. The Balaban J connectivity index is 4.16. The first-order valence-corrected chi connectivity index (χ1v) is 5.33. The smallest absolute Gasteiger partial charge is 0.473 e. The zero-order chi connectivity index (χ0) is 8.91. The maximum Gasteiger partial charge on any atom is 0.567 e. The quantitative estimate of drug-likeness (QED) is 0.597. The van der Waals surface area contributed by atoms with Crippen molar-refractivity contribution in [1.82, 2.24) is 0 Å². The second-order valence-corrected chi connectivity index (χ2v) is 5.13. The molecule has 0 amide bonds. The van der Waals surface area contributed by atoms with Crippen LogP contribution in [0.4, 0.5) is 0 Å². The van der Waals surface area contributed by atoms with Crippen molar-refractivity contribution >= 4 is 14.8 Å². The zero-order valence-electron chi connectivity index (χ0n) is 7.34. The Labute approximate surface area is 67.8 Å². The molecule has 0 aliphatic heterocycles. The summed E-state index contributed by atoms with van der Waals surface area (Å²) < 4.78 is 15.0. The molecule has 0 N–H and O–H groups in total. The largest absolute Gasteiger partial charge is 0.567 e. The van der Waals surface area contributed by atoms with Crippen molar-refractivity contribution in [1.29, 1.82) is 0 Å². The summed E-state index contributed by atoms with van der Waals surface area (Å²) in [6, 6.07) is 0.597. The predicted octanol–water partition coefficient (Wildman–Crippen LogP) is 0.801. The lowest BCUT2D eigenvalue weighted by Crippen LogP contribution is -2.44. The lowest BCUT2D eigenvalue weighted by Gasteiger charge is -2.23. The van der Waals surface area contributed by atoms with Gasteiger partial charge in [0, 0.05) is 27.2 Å². The average Bonchev–Trinajstić information content (AvgIpc) is 2.00. The third-order valence-corrected chi connectivity index (χ3v) is 4.06. The predicted molar refractivity (Wildman–Crippen MR) is 42.0 cm³/mol. The minimum Gasteiger partial charge on any atom is -0.473 e. The molecule has 0 radical (unpaired) electrons. The molecule has 0 rings (SSSR count). The molecule has 0 atom stereocenters. The Kier molecular flexibility index (Phi) is 4.32. The molecule has 0 aliphatic carbocycles. The normalized spacial score (nSPS) is 11.3. The molecule has 0 aliphatic rings. The summed E-state index contributed by atoms with van der Waals surface area (Å²) in [4.78, 5) is 10.6. The van der Waals surface area contributed by atoms with Crippen LogP contribution >= 0.6 is 0 Å². The van der Waals surface area contributed by atoms with Crippen molar-refractivity contribution in [3.8, 4) is 0 Å². The van der Waals surface area contributed by atoms with Gasteiger partial charge in [0.2, 0.25) is 0 Å². The summed E-state index contributed by atoms with van der Waals surface area (Å²) in [5, 5.41) is 0. The van der Waals surface area contributed by atoms with Crippen LogP contribution in [0.5, 0.6) is 0 Å². The second-order valence-electron chi connectivity index (χ2n) is 2.04. The summed E-state index contributed by atoms with van der Waals surface area (Å²) >= 11 is 0. The van der Waals surface area contributed by atoms with Crippen LogP contribution in [0.15, 0.2) is 0 Å². The fraction of sp³-hybridized carbons (Fsp3) is 0.833. The second kappa shape index (κ2) is 4.48. The van der Waals surface area contributed by atoms with Gasteiger partial charge in [-0.05, 0) is 0 Å². The standard InChI is InChI=1S/C6H14O4Si/c1-5-11(8-3,9-4)10-6(2)7/h5H2,1-4H3. The lowest BCUT2D eigenvalue weighted by atomic mass is 10.9. The van der Waals surface area contributed by atoms with E-state index in [9.17, 15) is 4.79 Å². The monoisotopic (exact) mass is 178 g/mol. The third-order valence-electron chi connectivity index (χ3n) is 1.35. The molecule has 11 heavy (non-hydrogen) atoms. The van der Waals surface area contributed by atoms with E-state index in [1.807, 2.05) is 6.92 Å². The van der Waals surface area contributed by atoms with Gasteiger partial charge in [-0.3, -0.25) is 4.79 Å². The Morgan fingerprint density at radius 2 is 1.82 bits per heavy atom. The minimum absolute atomic E-state index is 0.359. The van der Waals surface area contributed by atoms with E-state index in [4.69, 9.17) is 13.3 Å². The van der Waals surface area contributed by atoms with Crippen molar-refractivity contribution in [3.63, 3.8) is 0 Å². The molecule has 0 aromatic carbocycles. The van der Waals surface area contributed by atoms with E-state index < -0.39 is 8.80 Å². The van der Waals surface area contributed by atoms with Gasteiger partial charge < -0.3 is 13.3 Å². The maximum atomic E-state index is 10.6. The molecule has 0 heterocycles. The van der Waals surface area contributed by atoms with Gasteiger partial charge in [-0.2, -0.15) is 0 Å². The summed E-state index contributed by atoms with van der Waals surface area (Å²) in [5.41, 5.74) is 0. The molecule has 0 unspecified atom stereocenters. The van der Waals surface area contributed by atoms with Crippen molar-refractivity contribution in [2.45, 2.75) is 19.9 Å². The van der Waals surface area contributed by atoms with Crippen LogP contribution in [0.25, 0.3) is 0 Å². The van der Waals surface area contributed by atoms with E-state index in [-0.39, 0.29) is 5.97 Å². The van der Waals surface area contributed by atoms with Crippen LogP contribution in [0.3, 0.4) is 0 Å². The highest BCUT2D eigenvalue weighted by Crippen LogP contribution is 2.12. The van der Waals surface area contributed by atoms with E-state index in [0.29, 0.717) is 6.04 Å². The van der Waals surface area contributed by atoms with Gasteiger partial charge in [0.25, 0.3) is 5.97 Å². The van der Waals surface area contributed by atoms with E-state index in [2.05, 4.69) is 0 Å². The molecule has 4 nitrogen and oxygen atoms in total. The first-order chi connectivity index (χ1) is 5.10. The first kappa shape index (κ1) is 10.6. The summed E-state index contributed by atoms with van der Waals surface area (Å²) in [6.07, 6.45) is 0. The summed E-state index contributed by atoms with van der Waals surface area (Å²) in [6.45, 7) is 3.21. The van der Waals surface area contributed by atoms with E-state index >= 15 is 0 Å². The van der Waals surface area contributed by atoms with Gasteiger partial charge in [-0.1, -0.05) is 6.92 Å². The van der Waals surface area contributed by atoms with E-state index in [1.165, 1.54) is 21.1 Å². The van der Waals surface area contributed by atoms with Crippen LogP contribution in [-0.2, 0) is 18.1 Å². The van der Waals surface area contributed by atoms with Gasteiger partial charge >= 0.3 is 8.80 Å². The van der Waals surface area contributed by atoms with Crippen LogP contribution in [0.1, 0.15) is 13.8 Å². The molecule has 5 heteroatoms. The van der Waals surface area contributed by atoms with Gasteiger partial charge in [-0.25, -0.2) is 0 Å². The molecule has 0 fully saturated rings. The zero-order valence-corrected chi connectivity index (χ0v) is 8.34. The molecule has 0 spiro atoms. The van der Waals surface area contributed by atoms with Crippen LogP contribution < -0.4 is 0 Å². The Morgan fingerprint density at radius 3 is 1.91 bits per heavy atom. The van der Waals surface area contributed by atoms with E-state index in [1.54, 1.807) is 0 Å². The Morgan fingerprint density at radius 1 is 1.36 bits per heavy atom. The minimum atomic E-state index is -2.63. The van der Waals surface area contributed by atoms with Crippen LogP contribution in [0, 0.1) is 0 Å². The van der Waals surface area contributed by atoms with Crippen molar-refractivity contribution < 1.29 is 18.1 Å². The fourth-order valence-corrected chi connectivity index (χ4v) is 2.24. The molecule has 0 aromatic rings. The third kappa shape index (κ3) is 3.00. The number of hydrogen-bond donors (Lipinski definition) is 0. The highest BCUT2D eigenvalue weighted by Gasteiger charge is 2.40. The molecule has 0 bridgehead atoms. The van der Waals surface area contributed by atoms with E-state index in [0.717, 1.165) is 0 Å². The fourth-order valence-electron chi connectivity index (χ4n) is 0.746. The highest BCUT2D eigenvalue weighted by molar-refractivity contribution is 6.62. The summed E-state index contributed by atoms with van der Waals surface area (Å²) in [5.74, 6) is -0.359. The topological polar surface area (TPSA) is 44.8 Å². The first-order valence-electron chi connectivity index (χ1n) is 3.40. The maximum absolute atomic E-state index is 10.6. The summed E-state index contributed by atoms with van der Waals surface area (Å²) in [7, 11) is 0.346. The van der Waals surface area contributed by atoms with Crippen LogP contribution in [-0.4, -0.2) is 29.0 Å². The van der Waals surface area contributed by atoms with Gasteiger partial charge in [0.1, 0.15) is 0 Å². The number of carbonyl (C=O) groups is 1. The molecule has 0 saturated carbocycles. The molecule has 0 aromatic heterocycles. The van der Waals surface area contributed by atoms with Crippen molar-refractivity contribution in [2.24, 2.45) is 0 Å². The number of carbonyl (C=O) groups excluding carboxylic acids is 1. The lowest BCUT2D eigenvalue weighted by molar-refractivity contribution is -0.136. The van der Waals surface area contributed by atoms with Gasteiger partial charge in [-0.15, -0.1) is 0 Å². The average molecular weight is 178 g/mol. The van der Waals surface area contributed by atoms with Crippen molar-refractivity contribution in [2.75, 3.05) is 14.2 Å². The molecule has 66 valence electrons. The Bertz CT molecular complexity index is 124. The highest BCUT2D eigenvalue weighted by atomic mass is 28.4. The van der Waals surface area contributed by atoms with Gasteiger partial charge in [0.15, 0.2) is 0 Å². The number of rotatable bonds is 4. The molecular formula is C6H14O4Si. The Hall–Kier alpha value is -0.393. The molecule has 0 saturated heterocycles. The van der Waals surface area contributed by atoms with Crippen molar-refractivity contribution in [3.05, 3.63) is 0 Å². The van der Waals surface area contributed by atoms with Crippen LogP contribution in [0.2, 0.25) is 6.04 Å². The number of hydrogen-bond acceptors (Lipinski definition) is 4.